The molecule has 1 aromatic rings. The van der Waals surface area contributed by atoms with Crippen LogP contribution in [0.25, 0.3) is 0 Å². The standard InChI is InChI=1S/C17H22N2O/c20-13-1-2-15-3-5-16(6-4-15)14-18-9-11-19(12-10-18)17-7-8-17/h3-6,17,20H,7-14H2. The molecule has 2 aliphatic rings. The Balaban J connectivity index is 1.50. The van der Waals surface area contributed by atoms with Gasteiger partial charge in [-0.25, -0.2) is 0 Å². The molecule has 0 atom stereocenters. The van der Waals surface area contributed by atoms with Crippen LogP contribution in [-0.2, 0) is 6.54 Å². The maximum Gasteiger partial charge on any atom is 0.104 e. The molecule has 1 aliphatic heterocycles. The van der Waals surface area contributed by atoms with Crippen molar-refractivity contribution in [1.29, 1.82) is 0 Å². The van der Waals surface area contributed by atoms with Crippen molar-refractivity contribution >= 4 is 0 Å². The van der Waals surface area contributed by atoms with Gasteiger partial charge in [0.05, 0.1) is 0 Å². The molecule has 0 unspecified atom stereocenters. The van der Waals surface area contributed by atoms with Crippen LogP contribution in [0.5, 0.6) is 0 Å². The molecule has 0 radical (unpaired) electrons. The second kappa shape index (κ2) is 6.41. The van der Waals surface area contributed by atoms with Crippen LogP contribution in [0, 0.1) is 11.8 Å². The van der Waals surface area contributed by atoms with E-state index in [1.807, 2.05) is 12.1 Å². The fourth-order valence-corrected chi connectivity index (χ4v) is 2.82. The highest BCUT2D eigenvalue weighted by atomic mass is 16.2. The Kier molecular flexibility index (Phi) is 4.37. The molecular formula is C17H22N2O. The van der Waals surface area contributed by atoms with Gasteiger partial charge in [0.2, 0.25) is 0 Å². The third-order valence-electron chi connectivity index (χ3n) is 4.14. The molecule has 1 heterocycles. The summed E-state index contributed by atoms with van der Waals surface area (Å²) >= 11 is 0. The van der Waals surface area contributed by atoms with E-state index < -0.39 is 0 Å². The number of nitrogens with zero attached hydrogens (tertiary/aromatic N) is 2. The lowest BCUT2D eigenvalue weighted by Gasteiger charge is -2.34. The summed E-state index contributed by atoms with van der Waals surface area (Å²) in [5, 5.41) is 8.68. The van der Waals surface area contributed by atoms with E-state index in [0.717, 1.165) is 18.2 Å². The van der Waals surface area contributed by atoms with Gasteiger partial charge in [-0.05, 0) is 30.5 Å². The van der Waals surface area contributed by atoms with Crippen molar-refractivity contribution in [2.75, 3.05) is 32.8 Å². The number of hydrogen-bond acceptors (Lipinski definition) is 3. The second-order valence-corrected chi connectivity index (χ2v) is 5.70. The molecule has 1 N–H and O–H groups in total. The number of piperazine rings is 1. The number of rotatable bonds is 3. The first kappa shape index (κ1) is 13.6. The van der Waals surface area contributed by atoms with Gasteiger partial charge in [-0.15, -0.1) is 0 Å². The van der Waals surface area contributed by atoms with Gasteiger partial charge in [-0.3, -0.25) is 9.80 Å². The van der Waals surface area contributed by atoms with Gasteiger partial charge in [-0.1, -0.05) is 24.0 Å². The highest BCUT2D eigenvalue weighted by Gasteiger charge is 2.30. The van der Waals surface area contributed by atoms with E-state index in [1.165, 1.54) is 44.6 Å². The SMILES string of the molecule is OCC#Cc1ccc(CN2CCN(C3CC3)CC2)cc1. The average Bonchev–Trinajstić information content (AvgIpc) is 3.32. The van der Waals surface area contributed by atoms with Gasteiger partial charge in [0.25, 0.3) is 0 Å². The Morgan fingerprint density at radius 2 is 1.75 bits per heavy atom. The van der Waals surface area contributed by atoms with Crippen molar-refractivity contribution in [2.24, 2.45) is 0 Å². The van der Waals surface area contributed by atoms with E-state index in [2.05, 4.69) is 33.8 Å². The van der Waals surface area contributed by atoms with Gasteiger partial charge in [-0.2, -0.15) is 0 Å². The quantitative estimate of drug-likeness (QED) is 0.839. The molecule has 1 aromatic carbocycles. The molecule has 2 fully saturated rings. The summed E-state index contributed by atoms with van der Waals surface area (Å²) < 4.78 is 0. The minimum atomic E-state index is -0.0764. The largest absolute Gasteiger partial charge is 0.384 e. The summed E-state index contributed by atoms with van der Waals surface area (Å²) in [6, 6.07) is 9.28. The first-order chi connectivity index (χ1) is 9.85. The summed E-state index contributed by atoms with van der Waals surface area (Å²) in [7, 11) is 0. The molecule has 0 bridgehead atoms. The Morgan fingerprint density at radius 3 is 2.35 bits per heavy atom. The van der Waals surface area contributed by atoms with Crippen LogP contribution < -0.4 is 0 Å². The lowest BCUT2D eigenvalue weighted by Crippen LogP contribution is -2.46. The van der Waals surface area contributed by atoms with E-state index in [0.29, 0.717) is 0 Å². The molecule has 106 valence electrons. The van der Waals surface area contributed by atoms with Crippen molar-refractivity contribution < 1.29 is 5.11 Å². The van der Waals surface area contributed by atoms with Crippen LogP contribution >= 0.6 is 0 Å². The molecule has 1 saturated heterocycles. The third kappa shape index (κ3) is 3.61. The third-order valence-corrected chi connectivity index (χ3v) is 4.14. The minimum Gasteiger partial charge on any atom is -0.384 e. The first-order valence-electron chi connectivity index (χ1n) is 7.50. The van der Waals surface area contributed by atoms with Gasteiger partial charge in [0.15, 0.2) is 0 Å². The van der Waals surface area contributed by atoms with Gasteiger partial charge in [0, 0.05) is 44.3 Å². The number of aliphatic hydroxyl groups is 1. The molecule has 0 spiro atoms. The summed E-state index contributed by atoms with van der Waals surface area (Å²) in [6.07, 6.45) is 2.83. The van der Waals surface area contributed by atoms with Crippen LogP contribution in [-0.4, -0.2) is 53.7 Å². The summed E-state index contributed by atoms with van der Waals surface area (Å²) in [5.41, 5.74) is 2.32. The fourth-order valence-electron chi connectivity index (χ4n) is 2.82. The van der Waals surface area contributed by atoms with Crippen LogP contribution in [0.4, 0.5) is 0 Å². The Hall–Kier alpha value is -1.34. The molecular weight excluding hydrogens is 248 g/mol. The molecule has 0 amide bonds. The Morgan fingerprint density at radius 1 is 1.05 bits per heavy atom. The van der Waals surface area contributed by atoms with E-state index >= 15 is 0 Å². The maximum absolute atomic E-state index is 8.68. The monoisotopic (exact) mass is 270 g/mol. The molecule has 1 saturated carbocycles. The zero-order valence-corrected chi connectivity index (χ0v) is 11.9. The van der Waals surface area contributed by atoms with Gasteiger partial charge >= 0.3 is 0 Å². The molecule has 3 nitrogen and oxygen atoms in total. The first-order valence-corrected chi connectivity index (χ1v) is 7.50. The number of benzene rings is 1. The molecule has 20 heavy (non-hydrogen) atoms. The van der Waals surface area contributed by atoms with Crippen LogP contribution in [0.1, 0.15) is 24.0 Å². The summed E-state index contributed by atoms with van der Waals surface area (Å²) in [6.45, 7) is 5.78. The molecule has 1 aliphatic carbocycles. The normalized spacial score (nSPS) is 20.4. The molecule has 0 aromatic heterocycles. The smallest absolute Gasteiger partial charge is 0.104 e. The summed E-state index contributed by atoms with van der Waals surface area (Å²) in [4.78, 5) is 5.18. The summed E-state index contributed by atoms with van der Waals surface area (Å²) in [5.74, 6) is 5.61. The predicted octanol–water partition coefficient (Wildman–Crippen LogP) is 1.31. The van der Waals surface area contributed by atoms with Gasteiger partial charge in [0.1, 0.15) is 6.61 Å². The van der Waals surface area contributed by atoms with Crippen LogP contribution in [0.3, 0.4) is 0 Å². The van der Waals surface area contributed by atoms with Crippen molar-refractivity contribution in [3.05, 3.63) is 35.4 Å². The second-order valence-electron chi connectivity index (χ2n) is 5.70. The lowest BCUT2D eigenvalue weighted by molar-refractivity contribution is 0.121. The van der Waals surface area contributed by atoms with Crippen LogP contribution in [0.15, 0.2) is 24.3 Å². The lowest BCUT2D eigenvalue weighted by atomic mass is 10.1. The van der Waals surface area contributed by atoms with E-state index in [1.54, 1.807) is 0 Å². The Labute approximate surface area is 121 Å². The van der Waals surface area contributed by atoms with E-state index in [-0.39, 0.29) is 6.61 Å². The van der Waals surface area contributed by atoms with Crippen molar-refractivity contribution in [3.8, 4) is 11.8 Å². The van der Waals surface area contributed by atoms with E-state index in [4.69, 9.17) is 5.11 Å². The van der Waals surface area contributed by atoms with Crippen molar-refractivity contribution in [1.82, 2.24) is 9.80 Å². The maximum atomic E-state index is 8.68. The molecule has 3 rings (SSSR count). The number of aliphatic hydroxyl groups excluding tert-OH is 1. The highest BCUT2D eigenvalue weighted by Crippen LogP contribution is 2.27. The van der Waals surface area contributed by atoms with Gasteiger partial charge < -0.3 is 5.11 Å². The van der Waals surface area contributed by atoms with Crippen LogP contribution in [0.2, 0.25) is 0 Å². The van der Waals surface area contributed by atoms with E-state index in [9.17, 15) is 0 Å². The fraction of sp³-hybridized carbons (Fsp3) is 0.529. The number of hydrogen-bond donors (Lipinski definition) is 1. The highest BCUT2D eigenvalue weighted by molar-refractivity contribution is 5.36. The van der Waals surface area contributed by atoms with Crippen molar-refractivity contribution in [3.63, 3.8) is 0 Å². The molecule has 3 heteroatoms. The van der Waals surface area contributed by atoms with Crippen molar-refractivity contribution in [2.45, 2.75) is 25.4 Å². The predicted molar refractivity (Wildman–Crippen MR) is 80.3 cm³/mol. The zero-order valence-electron chi connectivity index (χ0n) is 11.9. The average molecular weight is 270 g/mol. The minimum absolute atomic E-state index is 0.0764. The Bertz CT molecular complexity index is 488. The zero-order chi connectivity index (χ0) is 13.8. The topological polar surface area (TPSA) is 26.7 Å².